The molecule has 0 saturated heterocycles. The predicted octanol–water partition coefficient (Wildman–Crippen LogP) is 0.510. The van der Waals surface area contributed by atoms with E-state index in [0.717, 1.165) is 0 Å². The number of tetrazole rings is 1. The van der Waals surface area contributed by atoms with Gasteiger partial charge >= 0.3 is 5.97 Å². The third-order valence-electron chi connectivity index (χ3n) is 3.54. The summed E-state index contributed by atoms with van der Waals surface area (Å²) in [5.74, 6) is -1.55. The van der Waals surface area contributed by atoms with Gasteiger partial charge in [0.2, 0.25) is 0 Å². The molecule has 0 spiro atoms. The van der Waals surface area contributed by atoms with Gasteiger partial charge in [-0.2, -0.15) is 4.68 Å². The summed E-state index contributed by atoms with van der Waals surface area (Å²) in [5, 5.41) is 22.5. The summed E-state index contributed by atoms with van der Waals surface area (Å²) in [4.78, 5) is 23.3. The lowest BCUT2D eigenvalue weighted by Crippen LogP contribution is -2.40. The van der Waals surface area contributed by atoms with Crippen LogP contribution in [0.2, 0.25) is 0 Å². The molecule has 1 aromatic heterocycles. The van der Waals surface area contributed by atoms with Crippen molar-refractivity contribution in [2.24, 2.45) is 5.92 Å². The fraction of sp³-hybridized carbons (Fsp3) is 0.357. The first-order valence-corrected chi connectivity index (χ1v) is 6.89. The highest BCUT2D eigenvalue weighted by Crippen LogP contribution is 2.23. The lowest BCUT2D eigenvalue weighted by molar-refractivity contribution is -0.141. The van der Waals surface area contributed by atoms with E-state index in [0.29, 0.717) is 17.0 Å². The molecule has 1 heterocycles. The molecule has 2 aromatic rings. The SMILES string of the molecule is COc1ccc(C(=O)NC(C)C(C)C(=O)O)cc1-n1cnnn1. The number of nitrogens with zero attached hydrogens (tertiary/aromatic N) is 4. The molecule has 0 bridgehead atoms. The van der Waals surface area contributed by atoms with Gasteiger partial charge in [0.25, 0.3) is 5.91 Å². The van der Waals surface area contributed by atoms with Gasteiger partial charge in [-0.05, 0) is 42.5 Å². The Morgan fingerprint density at radius 2 is 2.09 bits per heavy atom. The number of ether oxygens (including phenoxy) is 1. The lowest BCUT2D eigenvalue weighted by Gasteiger charge is -2.18. The molecule has 1 aromatic carbocycles. The molecule has 0 saturated carbocycles. The summed E-state index contributed by atoms with van der Waals surface area (Å²) in [6.45, 7) is 3.18. The van der Waals surface area contributed by atoms with Crippen LogP contribution in [0.5, 0.6) is 5.75 Å². The maximum atomic E-state index is 12.3. The van der Waals surface area contributed by atoms with Crippen LogP contribution in [0, 0.1) is 5.92 Å². The van der Waals surface area contributed by atoms with Gasteiger partial charge in [0, 0.05) is 11.6 Å². The Morgan fingerprint density at radius 3 is 2.65 bits per heavy atom. The molecule has 122 valence electrons. The van der Waals surface area contributed by atoms with Crippen LogP contribution in [0.1, 0.15) is 24.2 Å². The van der Waals surface area contributed by atoms with E-state index in [4.69, 9.17) is 9.84 Å². The van der Waals surface area contributed by atoms with Gasteiger partial charge in [0.1, 0.15) is 17.8 Å². The molecule has 2 rings (SSSR count). The van der Waals surface area contributed by atoms with Crippen LogP contribution in [-0.2, 0) is 4.79 Å². The number of benzene rings is 1. The minimum atomic E-state index is -0.970. The summed E-state index contributed by atoms with van der Waals surface area (Å²) in [5.41, 5.74) is 0.852. The first kappa shape index (κ1) is 16.4. The van der Waals surface area contributed by atoms with Crippen LogP contribution in [0.15, 0.2) is 24.5 Å². The van der Waals surface area contributed by atoms with Crippen LogP contribution in [0.3, 0.4) is 0 Å². The Balaban J connectivity index is 2.25. The number of carboxylic acid groups (broad SMARTS) is 1. The predicted molar refractivity (Wildman–Crippen MR) is 79.4 cm³/mol. The number of carboxylic acids is 1. The van der Waals surface area contributed by atoms with E-state index in [-0.39, 0.29) is 5.91 Å². The summed E-state index contributed by atoms with van der Waals surface area (Å²) >= 11 is 0. The molecular weight excluding hydrogens is 302 g/mol. The quantitative estimate of drug-likeness (QED) is 0.796. The van der Waals surface area contributed by atoms with E-state index < -0.39 is 17.9 Å². The minimum Gasteiger partial charge on any atom is -0.494 e. The van der Waals surface area contributed by atoms with Gasteiger partial charge in [-0.1, -0.05) is 0 Å². The second-order valence-corrected chi connectivity index (χ2v) is 5.03. The van der Waals surface area contributed by atoms with Crippen molar-refractivity contribution in [1.82, 2.24) is 25.5 Å². The van der Waals surface area contributed by atoms with Crippen molar-refractivity contribution in [2.45, 2.75) is 19.9 Å². The average molecular weight is 319 g/mol. The third-order valence-corrected chi connectivity index (χ3v) is 3.54. The molecule has 0 fully saturated rings. The Kier molecular flexibility index (Phi) is 4.89. The van der Waals surface area contributed by atoms with Gasteiger partial charge < -0.3 is 15.2 Å². The molecule has 23 heavy (non-hydrogen) atoms. The van der Waals surface area contributed by atoms with Crippen molar-refractivity contribution in [2.75, 3.05) is 7.11 Å². The summed E-state index contributed by atoms with van der Waals surface area (Å²) in [7, 11) is 1.50. The zero-order valence-corrected chi connectivity index (χ0v) is 12.9. The number of rotatable bonds is 6. The summed E-state index contributed by atoms with van der Waals surface area (Å²) in [6.07, 6.45) is 1.38. The van der Waals surface area contributed by atoms with Crippen molar-refractivity contribution in [3.63, 3.8) is 0 Å². The first-order valence-electron chi connectivity index (χ1n) is 6.89. The number of aromatic nitrogens is 4. The lowest BCUT2D eigenvalue weighted by atomic mass is 10.0. The van der Waals surface area contributed by atoms with Gasteiger partial charge in [-0.25, -0.2) is 0 Å². The highest BCUT2D eigenvalue weighted by atomic mass is 16.5. The summed E-state index contributed by atoms with van der Waals surface area (Å²) in [6, 6.07) is 4.26. The molecule has 9 heteroatoms. The van der Waals surface area contributed by atoms with Crippen molar-refractivity contribution in [1.29, 1.82) is 0 Å². The largest absolute Gasteiger partial charge is 0.494 e. The van der Waals surface area contributed by atoms with Crippen LogP contribution in [0.25, 0.3) is 5.69 Å². The van der Waals surface area contributed by atoms with Crippen molar-refractivity contribution in [3.8, 4) is 11.4 Å². The van der Waals surface area contributed by atoms with E-state index in [9.17, 15) is 9.59 Å². The highest BCUT2D eigenvalue weighted by Gasteiger charge is 2.22. The maximum absolute atomic E-state index is 12.3. The number of nitrogens with one attached hydrogen (secondary N) is 1. The molecule has 2 atom stereocenters. The van der Waals surface area contributed by atoms with Gasteiger partial charge in [-0.3, -0.25) is 9.59 Å². The van der Waals surface area contributed by atoms with Crippen LogP contribution in [0.4, 0.5) is 0 Å². The molecule has 9 nitrogen and oxygen atoms in total. The van der Waals surface area contributed by atoms with E-state index in [1.807, 2.05) is 0 Å². The summed E-state index contributed by atoms with van der Waals surface area (Å²) < 4.78 is 6.60. The Hall–Kier alpha value is -2.97. The van der Waals surface area contributed by atoms with E-state index >= 15 is 0 Å². The van der Waals surface area contributed by atoms with E-state index in [2.05, 4.69) is 20.8 Å². The average Bonchev–Trinajstić information content (AvgIpc) is 3.07. The smallest absolute Gasteiger partial charge is 0.308 e. The Labute approximate surface area is 132 Å². The number of methoxy groups -OCH3 is 1. The zero-order chi connectivity index (χ0) is 17.0. The van der Waals surface area contributed by atoms with Gasteiger partial charge in [0.05, 0.1) is 13.0 Å². The fourth-order valence-electron chi connectivity index (χ4n) is 1.91. The Bertz CT molecular complexity index is 701. The van der Waals surface area contributed by atoms with Crippen molar-refractivity contribution >= 4 is 11.9 Å². The molecular formula is C14H17N5O4. The second kappa shape index (κ2) is 6.86. The maximum Gasteiger partial charge on any atom is 0.308 e. The minimum absolute atomic E-state index is 0.348. The highest BCUT2D eigenvalue weighted by molar-refractivity contribution is 5.95. The Morgan fingerprint density at radius 1 is 1.35 bits per heavy atom. The molecule has 0 radical (unpaired) electrons. The van der Waals surface area contributed by atoms with Gasteiger partial charge in [0.15, 0.2) is 0 Å². The standard InChI is InChI=1S/C14H17N5O4/c1-8(14(21)22)9(2)16-13(20)10-4-5-12(23-3)11(6-10)19-7-15-17-18-19/h4-9H,1-3H3,(H,16,20)(H,21,22). The number of hydrogen-bond acceptors (Lipinski definition) is 6. The molecule has 0 aliphatic carbocycles. The number of carbonyl (C=O) groups excluding carboxylic acids is 1. The van der Waals surface area contributed by atoms with E-state index in [1.54, 1.807) is 25.1 Å². The third kappa shape index (κ3) is 3.62. The number of amides is 1. The topological polar surface area (TPSA) is 119 Å². The number of aliphatic carboxylic acids is 1. The van der Waals surface area contributed by atoms with Gasteiger partial charge in [-0.15, -0.1) is 5.10 Å². The number of carbonyl (C=O) groups is 2. The van der Waals surface area contributed by atoms with Crippen LogP contribution < -0.4 is 10.1 Å². The van der Waals surface area contributed by atoms with Crippen LogP contribution in [-0.4, -0.2) is 50.3 Å². The molecule has 2 unspecified atom stereocenters. The molecule has 1 amide bonds. The van der Waals surface area contributed by atoms with Crippen LogP contribution >= 0.6 is 0 Å². The normalized spacial score (nSPS) is 13.2. The fourth-order valence-corrected chi connectivity index (χ4v) is 1.91. The first-order chi connectivity index (χ1) is 10.9. The molecule has 2 N–H and O–H groups in total. The van der Waals surface area contributed by atoms with E-state index in [1.165, 1.54) is 25.0 Å². The van der Waals surface area contributed by atoms with Crippen molar-refractivity contribution in [3.05, 3.63) is 30.1 Å². The molecule has 0 aliphatic heterocycles. The second-order valence-electron chi connectivity index (χ2n) is 5.03. The van der Waals surface area contributed by atoms with Crippen molar-refractivity contribution < 1.29 is 19.4 Å². The monoisotopic (exact) mass is 319 g/mol. The zero-order valence-electron chi connectivity index (χ0n) is 12.9. The number of hydrogen-bond donors (Lipinski definition) is 2. The molecule has 0 aliphatic rings.